The number of fused-ring (bicyclic) bond motifs is 1. The average molecular weight is 692 g/mol. The van der Waals surface area contributed by atoms with Gasteiger partial charge in [0.15, 0.2) is 10.6 Å². The van der Waals surface area contributed by atoms with E-state index in [9.17, 15) is 24.5 Å². The van der Waals surface area contributed by atoms with E-state index in [1.807, 2.05) is 30.3 Å². The van der Waals surface area contributed by atoms with Crippen molar-refractivity contribution in [3.05, 3.63) is 149 Å². The number of thiazole rings is 1. The molecule has 0 saturated carbocycles. The van der Waals surface area contributed by atoms with E-state index in [2.05, 4.69) is 11.6 Å². The first-order valence-electron chi connectivity index (χ1n) is 15.1. The summed E-state index contributed by atoms with van der Waals surface area (Å²) in [7, 11) is 2.63. The lowest BCUT2D eigenvalue weighted by molar-refractivity contribution is -0.385. The maximum atomic E-state index is 14.3. The van der Waals surface area contributed by atoms with Gasteiger partial charge in [-0.1, -0.05) is 54.3 Å². The third-order valence-electron chi connectivity index (χ3n) is 7.92. The summed E-state index contributed by atoms with van der Waals surface area (Å²) in [6.45, 7) is 5.22. The molecule has 0 amide bonds. The van der Waals surface area contributed by atoms with Gasteiger partial charge in [0.2, 0.25) is 0 Å². The van der Waals surface area contributed by atoms with Crippen LogP contribution < -0.4 is 19.6 Å². The highest BCUT2D eigenvalue weighted by atomic mass is 32.1. The summed E-state index contributed by atoms with van der Waals surface area (Å²) < 4.78 is 18.7. The normalized spacial score (nSPS) is 14.1. The summed E-state index contributed by atoms with van der Waals surface area (Å²) in [6.07, 6.45) is 4.81. The van der Waals surface area contributed by atoms with Crippen molar-refractivity contribution in [2.45, 2.75) is 13.0 Å². The van der Waals surface area contributed by atoms with Crippen LogP contribution >= 0.6 is 11.3 Å². The van der Waals surface area contributed by atoms with E-state index in [0.29, 0.717) is 38.4 Å². The van der Waals surface area contributed by atoms with Crippen LogP contribution in [0.2, 0.25) is 0 Å². The molecule has 5 aromatic rings. The van der Waals surface area contributed by atoms with Crippen LogP contribution in [0.15, 0.2) is 113 Å². The van der Waals surface area contributed by atoms with Gasteiger partial charge in [-0.15, -0.1) is 0 Å². The highest BCUT2D eigenvalue weighted by Gasteiger charge is 2.33. The molecular weight excluding hydrogens is 662 g/mol. The second-order valence-electron chi connectivity index (χ2n) is 10.9. The van der Waals surface area contributed by atoms with Crippen molar-refractivity contribution >= 4 is 35.0 Å². The molecule has 0 bridgehead atoms. The topological polar surface area (TPSA) is 157 Å². The lowest BCUT2D eigenvalue weighted by atomic mass is 9.95. The molecule has 2 aromatic heterocycles. The zero-order valence-electron chi connectivity index (χ0n) is 27.1. The first-order chi connectivity index (χ1) is 24.1. The Morgan fingerprint density at radius 1 is 1.06 bits per heavy atom. The van der Waals surface area contributed by atoms with Crippen molar-refractivity contribution < 1.29 is 28.7 Å². The van der Waals surface area contributed by atoms with Gasteiger partial charge in [0, 0.05) is 23.4 Å². The number of rotatable bonds is 10. The summed E-state index contributed by atoms with van der Waals surface area (Å²) >= 11 is 1.11. The van der Waals surface area contributed by atoms with Crippen LogP contribution in [0.3, 0.4) is 0 Å². The molecule has 0 radical (unpaired) electrons. The molecule has 3 aromatic carbocycles. The Hall–Kier alpha value is -6.41. The van der Waals surface area contributed by atoms with Crippen LogP contribution in [0, 0.1) is 10.1 Å². The maximum Gasteiger partial charge on any atom is 0.338 e. The van der Waals surface area contributed by atoms with Crippen molar-refractivity contribution in [3.8, 4) is 22.7 Å². The second kappa shape index (κ2) is 14.0. The predicted octanol–water partition coefficient (Wildman–Crippen LogP) is 4.52. The van der Waals surface area contributed by atoms with E-state index in [1.165, 1.54) is 37.0 Å². The first kappa shape index (κ1) is 33.5. The van der Waals surface area contributed by atoms with Gasteiger partial charge in [-0.25, -0.2) is 19.3 Å². The van der Waals surface area contributed by atoms with Crippen LogP contribution in [-0.4, -0.2) is 52.0 Å². The Balaban J connectivity index is 1.56. The van der Waals surface area contributed by atoms with E-state index in [-0.39, 0.29) is 28.1 Å². The number of ether oxygens (including phenoxy) is 3. The number of nitro groups is 1. The lowest BCUT2D eigenvalue weighted by Gasteiger charge is -2.24. The Labute approximate surface area is 288 Å². The monoisotopic (exact) mass is 691 g/mol. The number of nitro benzene ring substituents is 1. The molecule has 252 valence electrons. The summed E-state index contributed by atoms with van der Waals surface area (Å²) in [5, 5.41) is 16.6. The lowest BCUT2D eigenvalue weighted by Crippen LogP contribution is -2.40. The minimum Gasteiger partial charge on any atom is -0.490 e. The summed E-state index contributed by atoms with van der Waals surface area (Å²) in [5.74, 6) is -1.12. The van der Waals surface area contributed by atoms with Gasteiger partial charge in [0.1, 0.15) is 12.3 Å². The Morgan fingerprint density at radius 3 is 2.46 bits per heavy atom. The largest absolute Gasteiger partial charge is 0.490 e. The standard InChI is InChI=1S/C36H29N5O8S/c1-5-17-49-35(44)30-21(2)37-36-40(32(30)22-11-13-23(14-12-22)34(43)48-4)33(42)29(50-36)19-25-20-39(26-9-7-6-8-10-26)38-31(25)24-15-16-28(47-3)27(18-24)41(45)46/h5-16,18-20,32H,1,17H2,2-4H3. The number of benzene rings is 3. The number of hydrogen-bond acceptors (Lipinski definition) is 11. The van der Waals surface area contributed by atoms with Crippen molar-refractivity contribution in [1.82, 2.24) is 14.3 Å². The van der Waals surface area contributed by atoms with E-state index < -0.39 is 28.5 Å². The summed E-state index contributed by atoms with van der Waals surface area (Å²) in [5.41, 5.74) is 2.69. The quantitative estimate of drug-likeness (QED) is 0.0889. The van der Waals surface area contributed by atoms with E-state index >= 15 is 0 Å². The van der Waals surface area contributed by atoms with Gasteiger partial charge in [-0.2, -0.15) is 5.10 Å². The molecule has 0 N–H and O–H groups in total. The molecule has 0 fully saturated rings. The fourth-order valence-electron chi connectivity index (χ4n) is 5.58. The molecule has 0 aliphatic carbocycles. The molecule has 6 rings (SSSR count). The SMILES string of the molecule is C=CCOC(=O)C1=C(C)N=c2sc(=Cc3cn(-c4ccccc4)nc3-c3ccc(OC)c([N+](=O)[O-])c3)c(=O)n2C1c1ccc(C(=O)OC)cc1. The molecule has 1 atom stereocenters. The van der Waals surface area contributed by atoms with Gasteiger partial charge in [0.25, 0.3) is 5.56 Å². The number of esters is 2. The number of carbonyl (C=O) groups excluding carboxylic acids is 2. The Morgan fingerprint density at radius 2 is 1.80 bits per heavy atom. The van der Waals surface area contributed by atoms with Gasteiger partial charge in [-0.3, -0.25) is 19.5 Å². The van der Waals surface area contributed by atoms with Crippen LogP contribution in [0.1, 0.15) is 34.5 Å². The van der Waals surface area contributed by atoms with Crippen molar-refractivity contribution in [2.75, 3.05) is 20.8 Å². The molecule has 1 aliphatic heterocycles. The first-order valence-corrected chi connectivity index (χ1v) is 15.9. The molecular formula is C36H29N5O8S. The van der Waals surface area contributed by atoms with Gasteiger partial charge in [-0.05, 0) is 55.0 Å². The Kier molecular flexibility index (Phi) is 9.36. The van der Waals surface area contributed by atoms with E-state index in [0.717, 1.165) is 17.0 Å². The second-order valence-corrected chi connectivity index (χ2v) is 11.9. The summed E-state index contributed by atoms with van der Waals surface area (Å²) in [6, 6.07) is 19.3. The molecule has 1 unspecified atom stereocenters. The zero-order valence-corrected chi connectivity index (χ0v) is 27.9. The van der Waals surface area contributed by atoms with Crippen molar-refractivity contribution in [3.63, 3.8) is 0 Å². The minimum absolute atomic E-state index is 0.0499. The Bertz CT molecular complexity index is 2370. The van der Waals surface area contributed by atoms with Crippen LogP contribution in [-0.2, 0) is 14.3 Å². The third kappa shape index (κ3) is 6.26. The highest BCUT2D eigenvalue weighted by Crippen LogP contribution is 2.34. The molecule has 50 heavy (non-hydrogen) atoms. The highest BCUT2D eigenvalue weighted by molar-refractivity contribution is 7.07. The average Bonchev–Trinajstić information content (AvgIpc) is 3.69. The van der Waals surface area contributed by atoms with E-state index in [1.54, 1.807) is 54.2 Å². The maximum absolute atomic E-state index is 14.3. The number of allylic oxidation sites excluding steroid dienone is 1. The van der Waals surface area contributed by atoms with Crippen LogP contribution in [0.25, 0.3) is 23.0 Å². The molecule has 14 heteroatoms. The molecule has 0 saturated heterocycles. The summed E-state index contributed by atoms with van der Waals surface area (Å²) in [4.78, 5) is 56.2. The number of nitrogens with zero attached hydrogens (tertiary/aromatic N) is 5. The molecule has 3 heterocycles. The third-order valence-corrected chi connectivity index (χ3v) is 8.90. The fraction of sp³-hybridized carbons (Fsp3) is 0.139. The fourth-order valence-corrected chi connectivity index (χ4v) is 6.62. The van der Waals surface area contributed by atoms with Crippen LogP contribution in [0.5, 0.6) is 5.75 Å². The van der Waals surface area contributed by atoms with Crippen molar-refractivity contribution in [1.29, 1.82) is 0 Å². The smallest absolute Gasteiger partial charge is 0.338 e. The van der Waals surface area contributed by atoms with Gasteiger partial charge >= 0.3 is 17.6 Å². The number of para-hydroxylation sites is 1. The predicted molar refractivity (Wildman–Crippen MR) is 185 cm³/mol. The minimum atomic E-state index is -0.937. The van der Waals surface area contributed by atoms with Crippen LogP contribution in [0.4, 0.5) is 5.69 Å². The number of methoxy groups -OCH3 is 2. The zero-order chi connectivity index (χ0) is 35.5. The molecule has 1 aliphatic rings. The van der Waals surface area contributed by atoms with Gasteiger partial charge in [0.05, 0.1) is 52.2 Å². The molecule has 13 nitrogen and oxygen atoms in total. The van der Waals surface area contributed by atoms with E-state index in [4.69, 9.17) is 19.3 Å². The van der Waals surface area contributed by atoms with Gasteiger partial charge < -0.3 is 14.2 Å². The molecule has 0 spiro atoms. The number of hydrogen-bond donors (Lipinski definition) is 0. The number of carbonyl (C=O) groups is 2. The number of aromatic nitrogens is 3. The van der Waals surface area contributed by atoms with Crippen molar-refractivity contribution in [2.24, 2.45) is 4.99 Å².